The van der Waals surface area contributed by atoms with Crippen LogP contribution in [0.3, 0.4) is 0 Å². The van der Waals surface area contributed by atoms with Crippen molar-refractivity contribution in [1.82, 2.24) is 14.6 Å². The molecule has 0 amide bonds. The maximum atomic E-state index is 12.8. The molecule has 2 heterocycles. The van der Waals surface area contributed by atoms with Crippen molar-refractivity contribution in [3.05, 3.63) is 73.5 Å². The van der Waals surface area contributed by atoms with Crippen molar-refractivity contribution in [2.45, 2.75) is 19.8 Å². The third-order valence-electron chi connectivity index (χ3n) is 4.26. The molecule has 0 aliphatic heterocycles. The van der Waals surface area contributed by atoms with Crippen LogP contribution in [0.15, 0.2) is 57.8 Å². The van der Waals surface area contributed by atoms with Gasteiger partial charge in [0.1, 0.15) is 5.75 Å². The van der Waals surface area contributed by atoms with Gasteiger partial charge in [-0.25, -0.2) is 0 Å². The van der Waals surface area contributed by atoms with Crippen LogP contribution < -0.4 is 14.8 Å². The summed E-state index contributed by atoms with van der Waals surface area (Å²) >= 11 is 4.83. The molecule has 28 heavy (non-hydrogen) atoms. The van der Waals surface area contributed by atoms with E-state index in [-0.39, 0.29) is 5.56 Å². The van der Waals surface area contributed by atoms with Crippen LogP contribution in [-0.4, -0.2) is 21.2 Å². The molecule has 0 unspecified atom stereocenters. The average molecular weight is 456 g/mol. The van der Waals surface area contributed by atoms with Crippen LogP contribution in [-0.2, 0) is 0 Å². The number of unbranched alkanes of at least 4 members (excludes halogenated alkanes) is 1. The van der Waals surface area contributed by atoms with E-state index in [2.05, 4.69) is 32.9 Å². The van der Waals surface area contributed by atoms with Crippen LogP contribution in [0.4, 0.5) is 0 Å². The Morgan fingerprint density at radius 3 is 2.75 bits per heavy atom. The van der Waals surface area contributed by atoms with Gasteiger partial charge in [0, 0.05) is 15.6 Å². The predicted molar refractivity (Wildman–Crippen MR) is 116 cm³/mol. The molecule has 4 aromatic rings. The molecule has 0 saturated carbocycles. The zero-order valence-corrected chi connectivity index (χ0v) is 17.7. The largest absolute Gasteiger partial charge is 0.493 e. The Balaban J connectivity index is 1.73. The Hall–Kier alpha value is -2.51. The van der Waals surface area contributed by atoms with Crippen LogP contribution in [0.5, 0.6) is 5.75 Å². The van der Waals surface area contributed by atoms with Gasteiger partial charge in [-0.1, -0.05) is 70.9 Å². The van der Waals surface area contributed by atoms with E-state index in [1.54, 1.807) is 0 Å². The van der Waals surface area contributed by atoms with Gasteiger partial charge in [-0.05, 0) is 30.7 Å². The number of thiazole rings is 1. The third kappa shape index (κ3) is 3.72. The lowest BCUT2D eigenvalue weighted by atomic mass is 10.2. The van der Waals surface area contributed by atoms with Gasteiger partial charge in [-0.2, -0.15) is 9.50 Å². The molecule has 0 saturated heterocycles. The number of hydrogen-bond acceptors (Lipinski definition) is 5. The molecule has 0 aliphatic carbocycles. The van der Waals surface area contributed by atoms with Gasteiger partial charge >= 0.3 is 0 Å². The minimum Gasteiger partial charge on any atom is -0.493 e. The molecule has 0 spiro atoms. The number of rotatable bonds is 6. The summed E-state index contributed by atoms with van der Waals surface area (Å²) in [5.74, 6) is 1.31. The molecule has 0 N–H and O–H groups in total. The van der Waals surface area contributed by atoms with E-state index in [4.69, 9.17) is 4.74 Å². The smallest absolute Gasteiger partial charge is 0.291 e. The van der Waals surface area contributed by atoms with Gasteiger partial charge in [-0.3, -0.25) is 4.79 Å². The standard InChI is InChI=1S/C21H18BrN3O2S/c1-2-3-12-27-17-11-7-4-8-14(17)13-18-20(26)25-21(28-18)23-19(24-25)15-9-5-6-10-16(15)22/h4-11,13H,2-3,12H2,1H3/b18-13-. The number of para-hydroxylation sites is 1. The van der Waals surface area contributed by atoms with Crippen molar-refractivity contribution in [2.75, 3.05) is 6.61 Å². The molecule has 0 atom stereocenters. The number of fused-ring (bicyclic) bond motifs is 1. The summed E-state index contributed by atoms with van der Waals surface area (Å²) in [6.07, 6.45) is 3.92. The first kappa shape index (κ1) is 18.8. The van der Waals surface area contributed by atoms with Gasteiger partial charge in [0.05, 0.1) is 11.1 Å². The number of aromatic nitrogens is 3. The minimum atomic E-state index is -0.172. The van der Waals surface area contributed by atoms with Crippen molar-refractivity contribution in [2.24, 2.45) is 0 Å². The van der Waals surface area contributed by atoms with Crippen LogP contribution in [0.25, 0.3) is 22.4 Å². The van der Waals surface area contributed by atoms with Crippen LogP contribution in [0.2, 0.25) is 0 Å². The number of hydrogen-bond donors (Lipinski definition) is 0. The number of halogens is 1. The Kier molecular flexibility index (Phi) is 5.54. The van der Waals surface area contributed by atoms with E-state index in [0.717, 1.165) is 34.2 Å². The topological polar surface area (TPSA) is 56.5 Å². The highest BCUT2D eigenvalue weighted by Crippen LogP contribution is 2.25. The number of ether oxygens (including phenoxy) is 1. The van der Waals surface area contributed by atoms with Gasteiger partial charge < -0.3 is 4.74 Å². The number of benzene rings is 2. The van der Waals surface area contributed by atoms with Crippen molar-refractivity contribution in [3.63, 3.8) is 0 Å². The zero-order chi connectivity index (χ0) is 19.5. The Labute approximate surface area is 174 Å². The first-order valence-electron chi connectivity index (χ1n) is 9.05. The molecule has 2 aromatic carbocycles. The quantitative estimate of drug-likeness (QED) is 0.406. The molecule has 0 fully saturated rings. The SMILES string of the molecule is CCCCOc1ccccc1/C=c1\sc2nc(-c3ccccc3Br)nn2c1=O. The fraction of sp³-hybridized carbons (Fsp3) is 0.190. The molecule has 2 aromatic heterocycles. The monoisotopic (exact) mass is 455 g/mol. The normalized spacial score (nSPS) is 12.0. The molecule has 7 heteroatoms. The summed E-state index contributed by atoms with van der Waals surface area (Å²) in [6, 6.07) is 15.4. The lowest BCUT2D eigenvalue weighted by Crippen LogP contribution is -2.23. The molecule has 142 valence electrons. The van der Waals surface area contributed by atoms with Crippen molar-refractivity contribution in [1.29, 1.82) is 0 Å². The second-order valence-corrected chi connectivity index (χ2v) is 8.13. The zero-order valence-electron chi connectivity index (χ0n) is 15.3. The van der Waals surface area contributed by atoms with Crippen molar-refractivity contribution >= 4 is 38.3 Å². The van der Waals surface area contributed by atoms with E-state index >= 15 is 0 Å². The summed E-state index contributed by atoms with van der Waals surface area (Å²) in [7, 11) is 0. The Morgan fingerprint density at radius 1 is 1.18 bits per heavy atom. The molecule has 5 nitrogen and oxygen atoms in total. The lowest BCUT2D eigenvalue weighted by molar-refractivity contribution is 0.309. The highest BCUT2D eigenvalue weighted by molar-refractivity contribution is 9.10. The fourth-order valence-electron chi connectivity index (χ4n) is 2.79. The highest BCUT2D eigenvalue weighted by atomic mass is 79.9. The van der Waals surface area contributed by atoms with E-state index < -0.39 is 0 Å². The predicted octanol–water partition coefficient (Wildman–Crippen LogP) is 4.31. The first-order chi connectivity index (χ1) is 13.7. The van der Waals surface area contributed by atoms with Crippen LogP contribution in [0.1, 0.15) is 25.3 Å². The highest BCUT2D eigenvalue weighted by Gasteiger charge is 2.14. The van der Waals surface area contributed by atoms with Crippen LogP contribution in [0, 0.1) is 0 Å². The Morgan fingerprint density at radius 2 is 1.96 bits per heavy atom. The fourth-order valence-corrected chi connectivity index (χ4v) is 4.15. The van der Waals surface area contributed by atoms with E-state index in [1.165, 1.54) is 15.9 Å². The summed E-state index contributed by atoms with van der Waals surface area (Å²) in [5.41, 5.74) is 1.57. The van der Waals surface area contributed by atoms with Crippen LogP contribution >= 0.6 is 27.3 Å². The van der Waals surface area contributed by atoms with E-state index in [0.29, 0.717) is 21.9 Å². The molecule has 0 aliphatic rings. The Bertz CT molecular complexity index is 1230. The minimum absolute atomic E-state index is 0.172. The first-order valence-corrected chi connectivity index (χ1v) is 10.7. The average Bonchev–Trinajstić information content (AvgIpc) is 3.23. The van der Waals surface area contributed by atoms with E-state index in [9.17, 15) is 4.79 Å². The summed E-state index contributed by atoms with van der Waals surface area (Å²) in [5, 5.41) is 4.41. The second kappa shape index (κ2) is 8.24. The summed E-state index contributed by atoms with van der Waals surface area (Å²) < 4.78 is 8.71. The van der Waals surface area contributed by atoms with Gasteiger partial charge in [0.25, 0.3) is 5.56 Å². The van der Waals surface area contributed by atoms with Crippen molar-refractivity contribution in [3.8, 4) is 17.1 Å². The third-order valence-corrected chi connectivity index (χ3v) is 5.91. The second-order valence-electron chi connectivity index (χ2n) is 6.27. The number of nitrogens with zero attached hydrogens (tertiary/aromatic N) is 3. The molecular weight excluding hydrogens is 438 g/mol. The summed E-state index contributed by atoms with van der Waals surface area (Å²) in [6.45, 7) is 2.79. The maximum absolute atomic E-state index is 12.8. The summed E-state index contributed by atoms with van der Waals surface area (Å²) in [4.78, 5) is 17.9. The molecule has 0 radical (unpaired) electrons. The van der Waals surface area contributed by atoms with Crippen molar-refractivity contribution < 1.29 is 4.74 Å². The maximum Gasteiger partial charge on any atom is 0.291 e. The van der Waals surface area contributed by atoms with Gasteiger partial charge in [0.2, 0.25) is 4.96 Å². The lowest BCUT2D eigenvalue weighted by Gasteiger charge is -2.07. The van der Waals surface area contributed by atoms with Gasteiger partial charge in [-0.15, -0.1) is 5.10 Å². The molecule has 4 rings (SSSR count). The molecule has 0 bridgehead atoms. The van der Waals surface area contributed by atoms with Gasteiger partial charge in [0.15, 0.2) is 5.82 Å². The molecular formula is C21H18BrN3O2S. The van der Waals surface area contributed by atoms with E-state index in [1.807, 2.05) is 54.6 Å².